The molecule has 2 aromatic carbocycles. The summed E-state index contributed by atoms with van der Waals surface area (Å²) in [5, 5.41) is 8.52. The number of anilines is 2. The standard InChI is InChI=1S/C21H24N4O2/c1-13-7-5-6-8-17(13)23-20(26)18-14(2)22-21(27)24-19(18)15-9-11-16(12-10-15)25(3)4/h5-12,19H,1-4H3,(H,23,26)(H2,22,24,27)/t19-/m0/s1. The fourth-order valence-corrected chi connectivity index (χ4v) is 3.11. The molecule has 0 aliphatic carbocycles. The third-order valence-corrected chi connectivity index (χ3v) is 4.65. The van der Waals surface area contributed by atoms with Gasteiger partial charge in [0.15, 0.2) is 0 Å². The van der Waals surface area contributed by atoms with Gasteiger partial charge in [0.25, 0.3) is 5.91 Å². The number of carbonyl (C=O) groups is 2. The highest BCUT2D eigenvalue weighted by Gasteiger charge is 2.31. The average molecular weight is 364 g/mol. The molecule has 1 heterocycles. The van der Waals surface area contributed by atoms with E-state index in [0.717, 1.165) is 22.5 Å². The topological polar surface area (TPSA) is 73.5 Å². The molecule has 1 atom stereocenters. The quantitative estimate of drug-likeness (QED) is 0.779. The van der Waals surface area contributed by atoms with Crippen LogP contribution in [0.15, 0.2) is 59.8 Å². The number of aryl methyl sites for hydroxylation is 1. The second-order valence-electron chi connectivity index (χ2n) is 6.83. The molecule has 0 radical (unpaired) electrons. The zero-order valence-electron chi connectivity index (χ0n) is 16.0. The highest BCUT2D eigenvalue weighted by molar-refractivity contribution is 6.07. The van der Waals surface area contributed by atoms with Crippen LogP contribution in [0.1, 0.15) is 24.1 Å². The van der Waals surface area contributed by atoms with E-state index in [9.17, 15) is 9.59 Å². The van der Waals surface area contributed by atoms with Crippen molar-refractivity contribution in [1.82, 2.24) is 10.6 Å². The van der Waals surface area contributed by atoms with E-state index >= 15 is 0 Å². The molecule has 2 aromatic rings. The second kappa shape index (κ2) is 7.53. The summed E-state index contributed by atoms with van der Waals surface area (Å²) < 4.78 is 0. The predicted octanol–water partition coefficient (Wildman–Crippen LogP) is 3.33. The minimum atomic E-state index is -0.515. The number of hydrogen-bond acceptors (Lipinski definition) is 3. The second-order valence-corrected chi connectivity index (χ2v) is 6.83. The highest BCUT2D eigenvalue weighted by atomic mass is 16.2. The molecule has 0 aromatic heterocycles. The number of para-hydroxylation sites is 1. The Morgan fingerprint density at radius 3 is 2.33 bits per heavy atom. The first kappa shape index (κ1) is 18.5. The number of benzene rings is 2. The lowest BCUT2D eigenvalue weighted by Gasteiger charge is -2.29. The van der Waals surface area contributed by atoms with E-state index in [4.69, 9.17) is 0 Å². The zero-order chi connectivity index (χ0) is 19.6. The fraction of sp³-hybridized carbons (Fsp3) is 0.238. The zero-order valence-corrected chi connectivity index (χ0v) is 16.0. The van der Waals surface area contributed by atoms with Gasteiger partial charge in [-0.2, -0.15) is 0 Å². The number of carbonyl (C=O) groups excluding carboxylic acids is 2. The Morgan fingerprint density at radius 2 is 1.70 bits per heavy atom. The van der Waals surface area contributed by atoms with Crippen molar-refractivity contribution in [1.29, 1.82) is 0 Å². The Bertz CT molecular complexity index is 901. The summed E-state index contributed by atoms with van der Waals surface area (Å²) in [4.78, 5) is 27.0. The van der Waals surface area contributed by atoms with Gasteiger partial charge in [0, 0.05) is 31.2 Å². The molecular formula is C21H24N4O2. The van der Waals surface area contributed by atoms with E-state index in [1.54, 1.807) is 6.92 Å². The summed E-state index contributed by atoms with van der Waals surface area (Å²) in [6.45, 7) is 3.68. The summed E-state index contributed by atoms with van der Waals surface area (Å²) in [7, 11) is 3.93. The molecule has 27 heavy (non-hydrogen) atoms. The Morgan fingerprint density at radius 1 is 1.04 bits per heavy atom. The van der Waals surface area contributed by atoms with Gasteiger partial charge in [-0.05, 0) is 43.2 Å². The average Bonchev–Trinajstić information content (AvgIpc) is 2.63. The number of amides is 3. The first-order valence-electron chi connectivity index (χ1n) is 8.79. The van der Waals surface area contributed by atoms with Crippen LogP contribution >= 0.6 is 0 Å². The van der Waals surface area contributed by atoms with Crippen LogP contribution < -0.4 is 20.9 Å². The fourth-order valence-electron chi connectivity index (χ4n) is 3.11. The number of urea groups is 1. The molecule has 0 saturated carbocycles. The Balaban J connectivity index is 1.94. The number of rotatable bonds is 4. The van der Waals surface area contributed by atoms with Gasteiger partial charge in [-0.25, -0.2) is 4.79 Å². The van der Waals surface area contributed by atoms with Gasteiger partial charge in [-0.3, -0.25) is 4.79 Å². The van der Waals surface area contributed by atoms with E-state index in [1.165, 1.54) is 0 Å². The normalized spacial score (nSPS) is 16.4. The Kier molecular flexibility index (Phi) is 5.16. The molecule has 0 spiro atoms. The first-order valence-corrected chi connectivity index (χ1v) is 8.79. The molecule has 0 unspecified atom stereocenters. The summed E-state index contributed by atoms with van der Waals surface area (Å²) in [6, 6.07) is 14.6. The Hall–Kier alpha value is -3.28. The summed E-state index contributed by atoms with van der Waals surface area (Å²) in [5.41, 5.74) is 4.67. The van der Waals surface area contributed by atoms with Crippen molar-refractivity contribution >= 4 is 23.3 Å². The summed E-state index contributed by atoms with van der Waals surface area (Å²) in [5.74, 6) is -0.240. The van der Waals surface area contributed by atoms with E-state index in [2.05, 4.69) is 16.0 Å². The molecule has 3 N–H and O–H groups in total. The van der Waals surface area contributed by atoms with Gasteiger partial charge in [0.1, 0.15) is 0 Å². The first-order chi connectivity index (χ1) is 12.9. The van der Waals surface area contributed by atoms with Crippen LogP contribution in [0.3, 0.4) is 0 Å². The number of allylic oxidation sites excluding steroid dienone is 1. The molecule has 6 heteroatoms. The van der Waals surface area contributed by atoms with Gasteiger partial charge in [-0.15, -0.1) is 0 Å². The van der Waals surface area contributed by atoms with Crippen molar-refractivity contribution in [3.8, 4) is 0 Å². The van der Waals surface area contributed by atoms with E-state index in [0.29, 0.717) is 11.3 Å². The highest BCUT2D eigenvalue weighted by Crippen LogP contribution is 2.29. The molecule has 0 fully saturated rings. The minimum Gasteiger partial charge on any atom is -0.378 e. The van der Waals surface area contributed by atoms with Crippen molar-refractivity contribution in [3.05, 3.63) is 70.9 Å². The molecule has 0 bridgehead atoms. The molecule has 3 amide bonds. The maximum Gasteiger partial charge on any atom is 0.319 e. The van der Waals surface area contributed by atoms with Crippen molar-refractivity contribution < 1.29 is 9.59 Å². The van der Waals surface area contributed by atoms with Crippen molar-refractivity contribution in [2.24, 2.45) is 0 Å². The van der Waals surface area contributed by atoms with Crippen LogP contribution in [0.2, 0.25) is 0 Å². The molecule has 1 aliphatic heterocycles. The van der Waals surface area contributed by atoms with Gasteiger partial charge in [-0.1, -0.05) is 30.3 Å². The summed E-state index contributed by atoms with van der Waals surface area (Å²) in [6.07, 6.45) is 0. The maximum absolute atomic E-state index is 13.0. The van der Waals surface area contributed by atoms with Crippen LogP contribution in [0.5, 0.6) is 0 Å². The minimum absolute atomic E-state index is 0.240. The van der Waals surface area contributed by atoms with E-state index < -0.39 is 6.04 Å². The molecular weight excluding hydrogens is 340 g/mol. The Labute approximate surface area is 159 Å². The molecule has 1 aliphatic rings. The number of nitrogens with one attached hydrogen (secondary N) is 3. The van der Waals surface area contributed by atoms with Gasteiger partial charge < -0.3 is 20.9 Å². The molecule has 6 nitrogen and oxygen atoms in total. The molecule has 0 saturated heterocycles. The monoisotopic (exact) mass is 364 g/mol. The van der Waals surface area contributed by atoms with Gasteiger partial charge in [0.2, 0.25) is 0 Å². The van der Waals surface area contributed by atoms with Crippen molar-refractivity contribution in [2.45, 2.75) is 19.9 Å². The largest absolute Gasteiger partial charge is 0.378 e. The third kappa shape index (κ3) is 3.95. The summed E-state index contributed by atoms with van der Waals surface area (Å²) >= 11 is 0. The smallest absolute Gasteiger partial charge is 0.319 e. The molecule has 140 valence electrons. The van der Waals surface area contributed by atoms with Crippen LogP contribution in [-0.2, 0) is 4.79 Å². The lowest BCUT2D eigenvalue weighted by Crippen LogP contribution is -2.46. The van der Waals surface area contributed by atoms with Crippen LogP contribution in [0.25, 0.3) is 0 Å². The van der Waals surface area contributed by atoms with E-state index in [-0.39, 0.29) is 11.9 Å². The maximum atomic E-state index is 13.0. The van der Waals surface area contributed by atoms with Crippen molar-refractivity contribution in [3.63, 3.8) is 0 Å². The lowest BCUT2D eigenvalue weighted by molar-refractivity contribution is -0.113. The number of nitrogens with zero attached hydrogens (tertiary/aromatic N) is 1. The van der Waals surface area contributed by atoms with Crippen LogP contribution in [-0.4, -0.2) is 26.0 Å². The predicted molar refractivity (Wildman–Crippen MR) is 108 cm³/mol. The van der Waals surface area contributed by atoms with E-state index in [1.807, 2.05) is 74.4 Å². The third-order valence-electron chi connectivity index (χ3n) is 4.65. The number of hydrogen-bond donors (Lipinski definition) is 3. The lowest BCUT2D eigenvalue weighted by atomic mass is 9.94. The van der Waals surface area contributed by atoms with Crippen LogP contribution in [0, 0.1) is 6.92 Å². The van der Waals surface area contributed by atoms with Gasteiger partial charge >= 0.3 is 6.03 Å². The SMILES string of the molecule is CC1=C(C(=O)Nc2ccccc2C)[C@H](c2ccc(N(C)C)cc2)NC(=O)N1. The molecule has 3 rings (SSSR count). The van der Waals surface area contributed by atoms with Gasteiger partial charge in [0.05, 0.1) is 11.6 Å². The van der Waals surface area contributed by atoms with Crippen LogP contribution in [0.4, 0.5) is 16.2 Å². The van der Waals surface area contributed by atoms with Crippen molar-refractivity contribution in [2.75, 3.05) is 24.3 Å².